The van der Waals surface area contributed by atoms with E-state index in [9.17, 15) is 9.59 Å². The fourth-order valence-corrected chi connectivity index (χ4v) is 13.0. The fraction of sp³-hybridized carbons (Fsp3) is 0.167. The number of para-hydroxylation sites is 2. The number of carbonyl (C=O) groups excluding carboxylic acids is 4. The lowest BCUT2D eigenvalue weighted by Crippen LogP contribution is -2.20. The molecule has 0 saturated heterocycles. The first-order valence-electron chi connectivity index (χ1n) is 29.1. The number of rotatable bonds is 18. The van der Waals surface area contributed by atoms with E-state index in [0.717, 1.165) is 22.3 Å². The van der Waals surface area contributed by atoms with Crippen molar-refractivity contribution < 1.29 is 38.1 Å². The van der Waals surface area contributed by atoms with Crippen LogP contribution in [0.2, 0.25) is 40.2 Å². The number of amides is 4. The van der Waals surface area contributed by atoms with Crippen LogP contribution in [-0.2, 0) is 0 Å². The Labute approximate surface area is 570 Å². The van der Waals surface area contributed by atoms with E-state index in [1.54, 1.807) is 72.8 Å². The zero-order chi connectivity index (χ0) is 66.0. The van der Waals surface area contributed by atoms with Crippen LogP contribution in [-0.4, -0.2) is 23.6 Å². The average molecular weight is 1390 g/mol. The molecule has 92 heavy (non-hydrogen) atoms. The van der Waals surface area contributed by atoms with Crippen molar-refractivity contribution >= 4 is 171 Å². The van der Waals surface area contributed by atoms with Gasteiger partial charge in [0.2, 0.25) is 11.8 Å². The van der Waals surface area contributed by atoms with E-state index in [4.69, 9.17) is 123 Å². The molecule has 4 amide bonds. The summed E-state index contributed by atoms with van der Waals surface area (Å²) in [5.74, 6) is -4.44. The van der Waals surface area contributed by atoms with Gasteiger partial charge in [-0.15, -0.1) is 0 Å². The molecule has 6 N–H and O–H groups in total. The van der Waals surface area contributed by atoms with Crippen molar-refractivity contribution in [3.63, 3.8) is 0 Å². The number of nitrogens with one attached hydrogen (secondary N) is 2. The van der Waals surface area contributed by atoms with Crippen LogP contribution in [0.3, 0.4) is 0 Å². The molecule has 0 atom stereocenters. The summed E-state index contributed by atoms with van der Waals surface area (Å²) in [7, 11) is 0. The lowest BCUT2D eigenvalue weighted by atomic mass is 9.82. The third kappa shape index (κ3) is 12.0. The minimum absolute atomic E-state index is 0.000770. The summed E-state index contributed by atoms with van der Waals surface area (Å²) < 4.78 is 28.2. The Morgan fingerprint density at radius 2 is 0.543 bits per heavy atom. The van der Waals surface area contributed by atoms with Crippen LogP contribution < -0.4 is 41.0 Å². The number of fused-ring (bicyclic) bond motifs is 2. The molecule has 12 nitrogen and oxygen atoms in total. The molecule has 0 saturated carbocycles. The van der Waals surface area contributed by atoms with Gasteiger partial charge in [0, 0.05) is 54.5 Å². The van der Waals surface area contributed by atoms with Crippen molar-refractivity contribution in [2.24, 2.45) is 11.5 Å². The van der Waals surface area contributed by atoms with E-state index in [2.05, 4.69) is 10.6 Å². The summed E-state index contributed by atoms with van der Waals surface area (Å²) in [4.78, 5) is 61.9. The summed E-state index contributed by atoms with van der Waals surface area (Å²) in [6.07, 6.45) is 0. The van der Waals surface area contributed by atoms with E-state index in [1.807, 2.05) is 91.8 Å². The average Bonchev–Trinajstić information content (AvgIpc) is 0.683. The number of carbonyl (C=O) groups is 4. The van der Waals surface area contributed by atoms with Crippen LogP contribution in [0, 0.1) is 0 Å². The van der Waals surface area contributed by atoms with Gasteiger partial charge in [-0.05, 0) is 119 Å². The van der Waals surface area contributed by atoms with Crippen molar-refractivity contribution in [2.75, 3.05) is 10.6 Å². The topological polar surface area (TPSA) is 181 Å². The van der Waals surface area contributed by atoms with Crippen LogP contribution in [0.5, 0.6) is 46.0 Å². The Hall–Kier alpha value is -7.88. The Bertz CT molecular complexity index is 4550. The highest BCUT2D eigenvalue weighted by atomic mass is 35.5. The van der Waals surface area contributed by atoms with Gasteiger partial charge in [0.25, 0.3) is 11.8 Å². The van der Waals surface area contributed by atoms with Crippen LogP contribution in [0.15, 0.2) is 133 Å². The fourth-order valence-electron chi connectivity index (χ4n) is 11.7. The quantitative estimate of drug-likeness (QED) is 0.0484. The predicted octanol–water partition coefficient (Wildman–Crippen LogP) is 23.3. The van der Waals surface area contributed by atoms with Crippen LogP contribution >= 0.6 is 92.8 Å². The third-order valence-electron chi connectivity index (χ3n) is 16.0. The molecule has 0 aliphatic rings. The van der Waals surface area contributed by atoms with Crippen molar-refractivity contribution in [1.82, 2.24) is 0 Å². The molecule has 0 aliphatic heterocycles. The first kappa shape index (κ1) is 65.6. The largest absolute Gasteiger partial charge is 0.455 e. The van der Waals surface area contributed by atoms with Gasteiger partial charge in [-0.1, -0.05) is 209 Å². The monoisotopic (exact) mass is 1380 g/mol. The Morgan fingerprint density at radius 3 is 0.783 bits per heavy atom. The van der Waals surface area contributed by atoms with Gasteiger partial charge in [-0.2, -0.15) is 0 Å². The molecule has 0 spiro atoms. The van der Waals surface area contributed by atoms with Crippen molar-refractivity contribution in [2.45, 2.75) is 79.1 Å². The molecule has 0 heterocycles. The second kappa shape index (κ2) is 26.3. The Kier molecular flexibility index (Phi) is 18.7. The van der Waals surface area contributed by atoms with E-state index in [0.29, 0.717) is 11.4 Å². The predicted molar refractivity (Wildman–Crippen MR) is 376 cm³/mol. The Morgan fingerprint density at radius 1 is 0.315 bits per heavy atom. The maximum Gasteiger partial charge on any atom is 0.256 e. The highest BCUT2D eigenvalue weighted by Crippen LogP contribution is 2.58. The van der Waals surface area contributed by atoms with Gasteiger partial charge in [0.1, 0.15) is 66.1 Å². The smallest absolute Gasteiger partial charge is 0.256 e. The van der Waals surface area contributed by atoms with Gasteiger partial charge in [-0.3, -0.25) is 19.2 Å². The van der Waals surface area contributed by atoms with Gasteiger partial charge in [-0.25, -0.2) is 0 Å². The summed E-state index contributed by atoms with van der Waals surface area (Å²) in [5, 5.41) is 7.00. The normalized spacial score (nSPS) is 11.7. The first-order chi connectivity index (χ1) is 43.8. The molecule has 0 bridgehead atoms. The van der Waals surface area contributed by atoms with Crippen LogP contribution in [0.4, 0.5) is 11.4 Å². The van der Waals surface area contributed by atoms with Gasteiger partial charge in [0.05, 0.1) is 42.3 Å². The summed E-state index contributed by atoms with van der Waals surface area (Å²) >= 11 is 55.2. The summed E-state index contributed by atoms with van der Waals surface area (Å²) in [5.41, 5.74) is 16.4. The van der Waals surface area contributed by atoms with E-state index in [-0.39, 0.29) is 175 Å². The van der Waals surface area contributed by atoms with Crippen LogP contribution in [0.1, 0.15) is 143 Å². The molecule has 0 aromatic heterocycles. The number of anilines is 2. The zero-order valence-corrected chi connectivity index (χ0v) is 56.5. The molecule has 0 fully saturated rings. The minimum atomic E-state index is -1.04. The molecule has 0 unspecified atom stereocenters. The van der Waals surface area contributed by atoms with E-state index >= 15 is 9.59 Å². The number of ether oxygens (including phenoxy) is 4. The third-order valence-corrected chi connectivity index (χ3v) is 19.2. The van der Waals surface area contributed by atoms with Crippen molar-refractivity contribution in [1.29, 1.82) is 0 Å². The summed E-state index contributed by atoms with van der Waals surface area (Å²) in [6, 6.07) is 36.1. The maximum atomic E-state index is 16.5. The molecule has 11 rings (SSSR count). The summed E-state index contributed by atoms with van der Waals surface area (Å²) in [6.45, 7) is 16.2. The zero-order valence-electron chi connectivity index (χ0n) is 50.5. The van der Waals surface area contributed by atoms with Crippen molar-refractivity contribution in [3.05, 3.63) is 218 Å². The number of hydrogen-bond donors (Lipinski definition) is 4. The van der Waals surface area contributed by atoms with Gasteiger partial charge < -0.3 is 41.0 Å². The number of halogens is 8. The number of benzene rings is 11. The van der Waals surface area contributed by atoms with Gasteiger partial charge in [0.15, 0.2) is 0 Å². The molecular formula is C72H56Cl8N4O8. The lowest BCUT2D eigenvalue weighted by molar-refractivity contribution is 0.0996. The Balaban J connectivity index is 1.47. The molecular weight excluding hydrogens is 1330 g/mol. The highest BCUT2D eigenvalue weighted by Gasteiger charge is 2.36. The lowest BCUT2D eigenvalue weighted by Gasteiger charge is -2.27. The first-order valence-corrected chi connectivity index (χ1v) is 32.1. The van der Waals surface area contributed by atoms with Gasteiger partial charge >= 0.3 is 0 Å². The van der Waals surface area contributed by atoms with E-state index < -0.39 is 23.6 Å². The number of hydrogen-bond acceptors (Lipinski definition) is 8. The SMILES string of the molecule is CC(C)c1cccc(C(C)C)c1NC(=O)c1cc(Oc2cccc(Cl)c2Cl)c2c3c(Oc4cccc(Cl)c4Cl)cc(C(N)=O)c4c(C(N)=O)cc(Oc5cccc(Cl)c5Cl)c(c5c(Oc6cccc(Cl)c6Cl)cc(C(=O)Nc6c(C(C)C)cccc6C(C)C)c1c25)c43. The maximum absolute atomic E-state index is 16.5. The number of primary amides is 2. The molecule has 11 aromatic rings. The highest BCUT2D eigenvalue weighted by molar-refractivity contribution is 6.46. The molecule has 468 valence electrons. The van der Waals surface area contributed by atoms with Crippen molar-refractivity contribution in [3.8, 4) is 46.0 Å². The molecule has 20 heteroatoms. The molecule has 0 radical (unpaired) electrons. The number of nitrogens with two attached hydrogens (primary N) is 2. The van der Waals surface area contributed by atoms with E-state index in [1.165, 1.54) is 24.3 Å². The minimum Gasteiger partial charge on any atom is -0.455 e. The second-order valence-corrected chi connectivity index (χ2v) is 26.3. The standard InChI is InChI=1S/C72H56Cl8N4O8/c1-31(2)35-15-9-16-36(32(3)4)67(35)83-71(87)41-29-53(91-49-25-13-21-45(75)65(49)79)59-57-51(89-47-23-11-19-43(73)63(47)77)27-39(69(81)85)55-40(70(82)86)28-52(90-48-24-12-20-44(74)64(48)78)58(61(55)57)60-54(92-50-26-14-22-46(76)66(50)80)30-42(56(41)62(59)60)72(88)84-68-37(33(5)6)17-10-18-38(68)34(7)8/h9-34H,1-8H3,(H2,81,85)(H2,82,86)(H,83,87)(H,84,88). The second-order valence-electron chi connectivity index (χ2n) is 23.2. The molecule has 11 aromatic carbocycles. The molecule has 0 aliphatic carbocycles. The van der Waals surface area contributed by atoms with Crippen LogP contribution in [0.25, 0.3) is 43.1 Å².